The predicted octanol–water partition coefficient (Wildman–Crippen LogP) is 1.85. The Balaban J connectivity index is 2.54. The molecule has 0 aliphatic carbocycles. The largest absolute Gasteiger partial charge is 0.573 e. The van der Waals surface area contributed by atoms with Gasteiger partial charge < -0.3 is 10.5 Å². The van der Waals surface area contributed by atoms with Crippen LogP contribution in [0.4, 0.5) is 13.2 Å². The van der Waals surface area contributed by atoms with E-state index in [1.54, 1.807) is 0 Å². The molecule has 0 aromatic heterocycles. The molecule has 106 valence electrons. The van der Waals surface area contributed by atoms with Crippen molar-refractivity contribution in [1.82, 2.24) is 5.48 Å². The van der Waals surface area contributed by atoms with Gasteiger partial charge in [-0.2, -0.15) is 5.48 Å². The zero-order chi connectivity index (χ0) is 14.5. The van der Waals surface area contributed by atoms with Crippen molar-refractivity contribution in [3.63, 3.8) is 0 Å². The van der Waals surface area contributed by atoms with Crippen molar-refractivity contribution in [2.75, 3.05) is 6.61 Å². The number of carbonyl (C=O) groups is 1. The predicted molar refractivity (Wildman–Crippen MR) is 62.8 cm³/mol. The summed E-state index contributed by atoms with van der Waals surface area (Å²) in [5.41, 5.74) is 7.91. The minimum atomic E-state index is -4.74. The van der Waals surface area contributed by atoms with E-state index in [1.165, 1.54) is 18.2 Å². The van der Waals surface area contributed by atoms with Crippen LogP contribution in [0.5, 0.6) is 5.75 Å². The van der Waals surface area contributed by atoms with E-state index >= 15 is 0 Å². The van der Waals surface area contributed by atoms with Crippen molar-refractivity contribution < 1.29 is 27.5 Å². The molecule has 0 radical (unpaired) electrons. The first-order chi connectivity index (χ1) is 8.78. The monoisotopic (exact) mass is 342 g/mol. The highest BCUT2D eigenvalue weighted by atomic mass is 79.9. The first-order valence-electron chi connectivity index (χ1n) is 4.95. The first-order valence-corrected chi connectivity index (χ1v) is 5.74. The van der Waals surface area contributed by atoms with Crippen LogP contribution in [-0.2, 0) is 16.2 Å². The number of rotatable bonds is 6. The maximum absolute atomic E-state index is 12.0. The molecule has 0 fully saturated rings. The molecule has 3 N–H and O–H groups in total. The number of primary amides is 1. The number of hydrogen-bond acceptors (Lipinski definition) is 4. The summed E-state index contributed by atoms with van der Waals surface area (Å²) in [5, 5.41) is 0. The number of alkyl halides is 3. The van der Waals surface area contributed by atoms with Crippen LogP contribution >= 0.6 is 15.9 Å². The van der Waals surface area contributed by atoms with Crippen molar-refractivity contribution >= 4 is 21.8 Å². The lowest BCUT2D eigenvalue weighted by Crippen LogP contribution is -2.24. The van der Waals surface area contributed by atoms with E-state index in [0.29, 0.717) is 5.56 Å². The maximum Gasteiger partial charge on any atom is 0.573 e. The van der Waals surface area contributed by atoms with E-state index < -0.39 is 12.3 Å². The molecule has 9 heteroatoms. The summed E-state index contributed by atoms with van der Waals surface area (Å²) >= 11 is 2.96. The highest BCUT2D eigenvalue weighted by Crippen LogP contribution is 2.30. The van der Waals surface area contributed by atoms with E-state index in [-0.39, 0.29) is 23.4 Å². The van der Waals surface area contributed by atoms with Gasteiger partial charge in [0.15, 0.2) is 0 Å². The molecule has 0 aliphatic rings. The van der Waals surface area contributed by atoms with Crippen LogP contribution in [0.15, 0.2) is 22.7 Å². The third-order valence-corrected chi connectivity index (χ3v) is 2.43. The first kappa shape index (κ1) is 15.7. The number of hydroxylamine groups is 1. The Hall–Kier alpha value is -1.32. The number of carbonyl (C=O) groups excluding carboxylic acids is 1. The fraction of sp³-hybridized carbons (Fsp3) is 0.300. The summed E-state index contributed by atoms with van der Waals surface area (Å²) < 4.78 is 40.0. The standard InChI is InChI=1S/C10H10BrF3N2O3/c11-7-3-6(4-16-18-5-9(15)17)1-2-8(7)19-10(12,13)14/h1-3,16H,4-5H2,(H2,15,17). The number of halogens is 4. The van der Waals surface area contributed by atoms with Gasteiger partial charge in [-0.05, 0) is 33.6 Å². The lowest BCUT2D eigenvalue weighted by atomic mass is 10.2. The van der Waals surface area contributed by atoms with E-state index in [9.17, 15) is 18.0 Å². The Morgan fingerprint density at radius 1 is 1.42 bits per heavy atom. The van der Waals surface area contributed by atoms with Gasteiger partial charge in [0.2, 0.25) is 5.91 Å². The van der Waals surface area contributed by atoms with Crippen LogP contribution in [0.1, 0.15) is 5.56 Å². The molecule has 0 aliphatic heterocycles. The number of nitrogens with two attached hydrogens (primary N) is 1. The lowest BCUT2D eigenvalue weighted by molar-refractivity contribution is -0.274. The molecule has 0 atom stereocenters. The molecule has 0 saturated carbocycles. The third kappa shape index (κ3) is 6.41. The molecule has 0 heterocycles. The molecule has 0 unspecified atom stereocenters. The fourth-order valence-corrected chi connectivity index (χ4v) is 1.63. The van der Waals surface area contributed by atoms with Crippen LogP contribution in [0, 0.1) is 0 Å². The van der Waals surface area contributed by atoms with Gasteiger partial charge in [0.05, 0.1) is 4.47 Å². The Labute approximate surface area is 114 Å². The van der Waals surface area contributed by atoms with Crippen molar-refractivity contribution in [1.29, 1.82) is 0 Å². The second kappa shape index (κ2) is 6.73. The minimum absolute atomic E-state index is 0.152. The molecule has 1 aromatic rings. The van der Waals surface area contributed by atoms with Crippen molar-refractivity contribution in [2.45, 2.75) is 12.9 Å². The Morgan fingerprint density at radius 3 is 2.63 bits per heavy atom. The summed E-state index contributed by atoms with van der Waals surface area (Å²) in [7, 11) is 0. The molecule has 0 spiro atoms. The summed E-state index contributed by atoms with van der Waals surface area (Å²) in [6.45, 7) is -0.103. The normalized spacial score (nSPS) is 11.4. The SMILES string of the molecule is NC(=O)CONCc1ccc(OC(F)(F)F)c(Br)c1. The molecule has 19 heavy (non-hydrogen) atoms. The molecule has 0 saturated heterocycles. The maximum atomic E-state index is 12.0. The average Bonchev–Trinajstić information content (AvgIpc) is 2.26. The molecular formula is C10H10BrF3N2O3. The van der Waals surface area contributed by atoms with Gasteiger partial charge in [0.25, 0.3) is 0 Å². The topological polar surface area (TPSA) is 73.6 Å². The number of ether oxygens (including phenoxy) is 1. The van der Waals surface area contributed by atoms with Crippen LogP contribution in [0.2, 0.25) is 0 Å². The second-order valence-corrected chi connectivity index (χ2v) is 4.24. The third-order valence-electron chi connectivity index (χ3n) is 1.81. The zero-order valence-corrected chi connectivity index (χ0v) is 11.0. The van der Waals surface area contributed by atoms with Gasteiger partial charge in [-0.25, -0.2) is 0 Å². The van der Waals surface area contributed by atoms with Crippen LogP contribution in [0.3, 0.4) is 0 Å². The smallest absolute Gasteiger partial charge is 0.405 e. The minimum Gasteiger partial charge on any atom is -0.405 e. The van der Waals surface area contributed by atoms with Crippen molar-refractivity contribution in [2.24, 2.45) is 5.73 Å². The summed E-state index contributed by atoms with van der Waals surface area (Å²) in [6.07, 6.45) is -4.74. The molecule has 1 amide bonds. The summed E-state index contributed by atoms with van der Waals surface area (Å²) in [6, 6.07) is 4.02. The number of nitrogens with one attached hydrogen (secondary N) is 1. The average molecular weight is 343 g/mol. The zero-order valence-electron chi connectivity index (χ0n) is 9.46. The Bertz CT molecular complexity index is 454. The Kier molecular flexibility index (Phi) is 5.58. The molecule has 1 aromatic carbocycles. The van der Waals surface area contributed by atoms with Gasteiger partial charge in [-0.1, -0.05) is 6.07 Å². The number of amides is 1. The highest BCUT2D eigenvalue weighted by molar-refractivity contribution is 9.10. The van der Waals surface area contributed by atoms with Gasteiger partial charge in [-0.3, -0.25) is 9.63 Å². The molecule has 0 bridgehead atoms. The van der Waals surface area contributed by atoms with E-state index in [2.05, 4.69) is 26.1 Å². The van der Waals surface area contributed by atoms with E-state index in [0.717, 1.165) is 0 Å². The van der Waals surface area contributed by atoms with E-state index in [1.807, 2.05) is 0 Å². The van der Waals surface area contributed by atoms with Crippen LogP contribution in [0.25, 0.3) is 0 Å². The fourth-order valence-electron chi connectivity index (χ4n) is 1.12. The number of benzene rings is 1. The van der Waals surface area contributed by atoms with Gasteiger partial charge >= 0.3 is 6.36 Å². The summed E-state index contributed by atoms with van der Waals surface area (Å²) in [4.78, 5) is 15.1. The van der Waals surface area contributed by atoms with Crippen molar-refractivity contribution in [3.05, 3.63) is 28.2 Å². The van der Waals surface area contributed by atoms with Gasteiger partial charge in [-0.15, -0.1) is 13.2 Å². The summed E-state index contributed by atoms with van der Waals surface area (Å²) in [5.74, 6) is -0.975. The Morgan fingerprint density at radius 2 is 2.11 bits per heavy atom. The van der Waals surface area contributed by atoms with Crippen LogP contribution in [-0.4, -0.2) is 18.9 Å². The molecule has 1 rings (SSSR count). The van der Waals surface area contributed by atoms with Crippen molar-refractivity contribution in [3.8, 4) is 5.75 Å². The molecular weight excluding hydrogens is 333 g/mol. The van der Waals surface area contributed by atoms with E-state index in [4.69, 9.17) is 10.6 Å². The van der Waals surface area contributed by atoms with Gasteiger partial charge in [0.1, 0.15) is 12.4 Å². The second-order valence-electron chi connectivity index (χ2n) is 3.39. The van der Waals surface area contributed by atoms with Crippen LogP contribution < -0.4 is 16.0 Å². The number of hydrogen-bond donors (Lipinski definition) is 2. The molecule has 5 nitrogen and oxygen atoms in total. The quantitative estimate of drug-likeness (QED) is 0.611. The highest BCUT2D eigenvalue weighted by Gasteiger charge is 2.31. The lowest BCUT2D eigenvalue weighted by Gasteiger charge is -2.11. The van der Waals surface area contributed by atoms with Gasteiger partial charge in [0, 0.05) is 6.54 Å².